The van der Waals surface area contributed by atoms with E-state index in [-0.39, 0.29) is 29.9 Å². The van der Waals surface area contributed by atoms with Gasteiger partial charge in [-0.15, -0.1) is 0 Å². The Balaban J connectivity index is 1.80. The minimum Gasteiger partial charge on any atom is -0.396 e. The van der Waals surface area contributed by atoms with Crippen LogP contribution in [-0.2, 0) is 21.2 Å². The van der Waals surface area contributed by atoms with Gasteiger partial charge < -0.3 is 9.84 Å². The Kier molecular flexibility index (Phi) is 4.96. The fraction of sp³-hybridized carbons (Fsp3) is 0.571. The molecule has 1 N–H and O–H groups in total. The van der Waals surface area contributed by atoms with Crippen LogP contribution in [0.5, 0.6) is 0 Å². The summed E-state index contributed by atoms with van der Waals surface area (Å²) in [5.74, 6) is 0.381. The van der Waals surface area contributed by atoms with Crippen LogP contribution in [0.15, 0.2) is 30.3 Å². The molecule has 2 atom stereocenters. The summed E-state index contributed by atoms with van der Waals surface area (Å²) in [5, 5.41) is 9.38. The van der Waals surface area contributed by atoms with Crippen LogP contribution in [0.25, 0.3) is 0 Å². The Morgan fingerprint density at radius 2 is 2.05 bits per heavy atom. The highest BCUT2D eigenvalue weighted by Crippen LogP contribution is 2.26. The molecule has 5 heteroatoms. The molecule has 4 nitrogen and oxygen atoms in total. The fourth-order valence-electron chi connectivity index (χ4n) is 2.44. The van der Waals surface area contributed by atoms with E-state index in [2.05, 4.69) is 0 Å². The number of sulfone groups is 1. The molecule has 0 radical (unpaired) electrons. The highest BCUT2D eigenvalue weighted by Gasteiger charge is 2.33. The molecule has 0 bridgehead atoms. The molecule has 0 aromatic heterocycles. The second kappa shape index (κ2) is 6.50. The van der Waals surface area contributed by atoms with Crippen molar-refractivity contribution in [2.24, 2.45) is 11.8 Å². The van der Waals surface area contributed by atoms with E-state index in [0.717, 1.165) is 5.56 Å². The molecular weight excluding hydrogens is 264 g/mol. The Hall–Kier alpha value is -0.910. The van der Waals surface area contributed by atoms with E-state index in [1.54, 1.807) is 0 Å². The highest BCUT2D eigenvalue weighted by atomic mass is 32.2. The Bertz CT molecular complexity index is 483. The molecule has 1 aliphatic heterocycles. The van der Waals surface area contributed by atoms with E-state index in [9.17, 15) is 13.5 Å². The van der Waals surface area contributed by atoms with Crippen LogP contribution in [-0.4, -0.2) is 38.2 Å². The van der Waals surface area contributed by atoms with Crippen LogP contribution < -0.4 is 0 Å². The lowest BCUT2D eigenvalue weighted by atomic mass is 9.93. The molecular formula is C14H20O4S. The average Bonchev–Trinajstić information content (AvgIpc) is 2.76. The molecule has 2 rings (SSSR count). The van der Waals surface area contributed by atoms with Crippen LogP contribution in [0.1, 0.15) is 12.0 Å². The second-order valence-corrected chi connectivity index (χ2v) is 7.34. The molecule has 19 heavy (non-hydrogen) atoms. The van der Waals surface area contributed by atoms with Crippen molar-refractivity contribution in [3.63, 3.8) is 0 Å². The maximum atomic E-state index is 11.4. The number of aliphatic hydroxyl groups excluding tert-OH is 1. The van der Waals surface area contributed by atoms with Crippen molar-refractivity contribution in [3.05, 3.63) is 35.9 Å². The van der Waals surface area contributed by atoms with Crippen LogP contribution >= 0.6 is 0 Å². The zero-order valence-electron chi connectivity index (χ0n) is 10.9. The molecule has 0 spiro atoms. The van der Waals surface area contributed by atoms with Gasteiger partial charge in [-0.2, -0.15) is 0 Å². The van der Waals surface area contributed by atoms with Crippen molar-refractivity contribution < 1.29 is 18.3 Å². The quantitative estimate of drug-likeness (QED) is 0.854. The van der Waals surface area contributed by atoms with Gasteiger partial charge in [-0.1, -0.05) is 30.3 Å². The molecule has 0 saturated carbocycles. The molecule has 1 aliphatic rings. The minimum atomic E-state index is -2.89. The minimum absolute atomic E-state index is 0.0189. The fourth-order valence-corrected chi connectivity index (χ4v) is 4.36. The number of aliphatic hydroxyl groups is 1. The van der Waals surface area contributed by atoms with Crippen LogP contribution in [0.2, 0.25) is 0 Å². The maximum Gasteiger partial charge on any atom is 0.150 e. The number of hydrogen-bond donors (Lipinski definition) is 1. The standard InChI is InChI=1S/C14H20O4S/c15-8-14(13-6-7-19(16,17)11-13)10-18-9-12-4-2-1-3-5-12/h1-5,13-15H,6-11H2. The summed E-state index contributed by atoms with van der Waals surface area (Å²) in [6.45, 7) is 0.886. The lowest BCUT2D eigenvalue weighted by molar-refractivity contribution is 0.0427. The summed E-state index contributed by atoms with van der Waals surface area (Å²) in [4.78, 5) is 0. The van der Waals surface area contributed by atoms with Crippen molar-refractivity contribution in [1.29, 1.82) is 0 Å². The summed E-state index contributed by atoms with van der Waals surface area (Å²) in [6, 6.07) is 9.81. The Labute approximate surface area is 114 Å². The van der Waals surface area contributed by atoms with Gasteiger partial charge in [0.15, 0.2) is 9.84 Å². The highest BCUT2D eigenvalue weighted by molar-refractivity contribution is 7.91. The number of rotatable bonds is 6. The third-order valence-corrected chi connectivity index (χ3v) is 5.41. The van der Waals surface area contributed by atoms with E-state index < -0.39 is 9.84 Å². The van der Waals surface area contributed by atoms with Crippen molar-refractivity contribution in [2.45, 2.75) is 13.0 Å². The summed E-state index contributed by atoms with van der Waals surface area (Å²) in [5.41, 5.74) is 1.08. The molecule has 1 saturated heterocycles. The van der Waals surface area contributed by atoms with Gasteiger partial charge in [0.05, 0.1) is 24.7 Å². The lowest BCUT2D eigenvalue weighted by Gasteiger charge is -2.20. The Morgan fingerprint density at radius 3 is 2.63 bits per heavy atom. The molecule has 2 unspecified atom stereocenters. The second-order valence-electron chi connectivity index (χ2n) is 5.11. The van der Waals surface area contributed by atoms with E-state index in [0.29, 0.717) is 19.6 Å². The van der Waals surface area contributed by atoms with Crippen molar-refractivity contribution in [2.75, 3.05) is 24.7 Å². The third kappa shape index (κ3) is 4.30. The van der Waals surface area contributed by atoms with Crippen molar-refractivity contribution >= 4 is 9.84 Å². The number of benzene rings is 1. The van der Waals surface area contributed by atoms with E-state index in [1.165, 1.54) is 0 Å². The lowest BCUT2D eigenvalue weighted by Crippen LogP contribution is -2.24. The first kappa shape index (κ1) is 14.5. The van der Waals surface area contributed by atoms with Crippen LogP contribution in [0.3, 0.4) is 0 Å². The molecule has 1 aromatic carbocycles. The number of hydrogen-bond acceptors (Lipinski definition) is 4. The van der Waals surface area contributed by atoms with Gasteiger partial charge >= 0.3 is 0 Å². The largest absolute Gasteiger partial charge is 0.396 e. The Morgan fingerprint density at radius 1 is 1.32 bits per heavy atom. The molecule has 1 fully saturated rings. The molecule has 1 aromatic rings. The van der Waals surface area contributed by atoms with Gasteiger partial charge in [-0.25, -0.2) is 8.42 Å². The number of ether oxygens (including phenoxy) is 1. The zero-order valence-corrected chi connectivity index (χ0v) is 11.7. The summed E-state index contributed by atoms with van der Waals surface area (Å²) >= 11 is 0. The summed E-state index contributed by atoms with van der Waals surface area (Å²) < 4.78 is 28.5. The average molecular weight is 284 g/mol. The molecule has 106 valence electrons. The first-order chi connectivity index (χ1) is 9.11. The van der Waals surface area contributed by atoms with Gasteiger partial charge in [0.25, 0.3) is 0 Å². The normalized spacial score (nSPS) is 23.3. The van der Waals surface area contributed by atoms with E-state index >= 15 is 0 Å². The first-order valence-corrected chi connectivity index (χ1v) is 8.36. The van der Waals surface area contributed by atoms with Crippen molar-refractivity contribution in [3.8, 4) is 0 Å². The van der Waals surface area contributed by atoms with Gasteiger partial charge in [0.1, 0.15) is 0 Å². The molecule has 0 aliphatic carbocycles. The van der Waals surface area contributed by atoms with Gasteiger partial charge in [0, 0.05) is 12.5 Å². The zero-order chi connectivity index (χ0) is 13.7. The topological polar surface area (TPSA) is 63.6 Å². The van der Waals surface area contributed by atoms with Crippen LogP contribution in [0.4, 0.5) is 0 Å². The molecule has 0 amide bonds. The smallest absolute Gasteiger partial charge is 0.150 e. The SMILES string of the molecule is O=S1(=O)CCC(C(CO)COCc2ccccc2)C1. The van der Waals surface area contributed by atoms with Gasteiger partial charge in [-0.05, 0) is 17.9 Å². The predicted octanol–water partition coefficient (Wildman–Crippen LogP) is 1.25. The maximum absolute atomic E-state index is 11.4. The predicted molar refractivity (Wildman–Crippen MR) is 73.4 cm³/mol. The molecule has 1 heterocycles. The van der Waals surface area contributed by atoms with Gasteiger partial charge in [-0.3, -0.25) is 0 Å². The van der Waals surface area contributed by atoms with E-state index in [1.807, 2.05) is 30.3 Å². The first-order valence-electron chi connectivity index (χ1n) is 6.53. The van der Waals surface area contributed by atoms with Gasteiger partial charge in [0.2, 0.25) is 0 Å². The summed E-state index contributed by atoms with van der Waals surface area (Å²) in [7, 11) is -2.89. The van der Waals surface area contributed by atoms with Crippen molar-refractivity contribution in [1.82, 2.24) is 0 Å². The summed E-state index contributed by atoms with van der Waals surface area (Å²) in [6.07, 6.45) is 0.641. The van der Waals surface area contributed by atoms with Crippen LogP contribution in [0, 0.1) is 11.8 Å². The third-order valence-electron chi connectivity index (χ3n) is 3.61. The monoisotopic (exact) mass is 284 g/mol. The van der Waals surface area contributed by atoms with E-state index in [4.69, 9.17) is 4.74 Å².